The minimum absolute atomic E-state index is 0.881. The molecule has 0 unspecified atom stereocenters. The number of anilines is 4. The van der Waals surface area contributed by atoms with Crippen LogP contribution in [0, 0.1) is 0 Å². The maximum absolute atomic E-state index is 4.92. The van der Waals surface area contributed by atoms with Crippen LogP contribution in [0.15, 0.2) is 48.8 Å². The molecule has 1 fully saturated rings. The number of fused-ring (bicyclic) bond motifs is 1. The third-order valence-electron chi connectivity index (χ3n) is 4.44. The Morgan fingerprint density at radius 2 is 1.81 bits per heavy atom. The Hall–Kier alpha value is -2.90. The molecule has 3 heterocycles. The van der Waals surface area contributed by atoms with Crippen LogP contribution >= 0.6 is 0 Å². The fourth-order valence-corrected chi connectivity index (χ4v) is 3.11. The Labute approximate surface area is 152 Å². The number of rotatable bonds is 5. The fraction of sp³-hybridized carbons (Fsp3) is 0.263. The minimum Gasteiger partial charge on any atom is -0.355 e. The SMILES string of the molecule is CONc1ccc(Nc2ccnc3cnc(N4CCNCC4)cc23)cc1. The molecule has 3 N–H and O–H groups in total. The minimum atomic E-state index is 0.881. The van der Waals surface area contributed by atoms with Crippen molar-refractivity contribution in [1.82, 2.24) is 15.3 Å². The highest BCUT2D eigenvalue weighted by atomic mass is 16.6. The van der Waals surface area contributed by atoms with E-state index in [-0.39, 0.29) is 0 Å². The molecule has 0 spiro atoms. The molecule has 0 bridgehead atoms. The van der Waals surface area contributed by atoms with Crippen molar-refractivity contribution in [2.24, 2.45) is 0 Å². The number of benzene rings is 1. The van der Waals surface area contributed by atoms with Gasteiger partial charge in [-0.3, -0.25) is 15.3 Å². The van der Waals surface area contributed by atoms with Crippen molar-refractivity contribution in [3.05, 3.63) is 48.8 Å². The van der Waals surface area contributed by atoms with E-state index in [4.69, 9.17) is 4.84 Å². The summed E-state index contributed by atoms with van der Waals surface area (Å²) in [6.45, 7) is 3.91. The lowest BCUT2D eigenvalue weighted by molar-refractivity contribution is 0.271. The van der Waals surface area contributed by atoms with Crippen molar-refractivity contribution < 1.29 is 4.84 Å². The first-order valence-corrected chi connectivity index (χ1v) is 8.70. The van der Waals surface area contributed by atoms with Crippen molar-refractivity contribution >= 4 is 33.8 Å². The smallest absolute Gasteiger partial charge is 0.129 e. The molecule has 134 valence electrons. The second kappa shape index (κ2) is 7.55. The van der Waals surface area contributed by atoms with Crippen LogP contribution in [0.25, 0.3) is 10.9 Å². The van der Waals surface area contributed by atoms with Gasteiger partial charge in [-0.05, 0) is 36.4 Å². The Morgan fingerprint density at radius 3 is 2.58 bits per heavy atom. The predicted octanol–water partition coefficient (Wildman–Crippen LogP) is 2.76. The van der Waals surface area contributed by atoms with Gasteiger partial charge in [0.1, 0.15) is 5.82 Å². The lowest BCUT2D eigenvalue weighted by atomic mass is 10.2. The highest BCUT2D eigenvalue weighted by Gasteiger charge is 2.13. The van der Waals surface area contributed by atoms with Gasteiger partial charge in [0.25, 0.3) is 0 Å². The lowest BCUT2D eigenvalue weighted by Crippen LogP contribution is -2.43. The summed E-state index contributed by atoms with van der Waals surface area (Å²) >= 11 is 0. The van der Waals surface area contributed by atoms with Gasteiger partial charge in [-0.1, -0.05) is 0 Å². The van der Waals surface area contributed by atoms with E-state index in [1.807, 2.05) is 36.5 Å². The molecule has 1 aromatic carbocycles. The summed E-state index contributed by atoms with van der Waals surface area (Å²) in [4.78, 5) is 16.3. The maximum atomic E-state index is 4.92. The number of nitrogens with zero attached hydrogens (tertiary/aromatic N) is 3. The average Bonchev–Trinajstić information content (AvgIpc) is 2.70. The van der Waals surface area contributed by atoms with E-state index in [1.165, 1.54) is 0 Å². The third kappa shape index (κ3) is 3.54. The molecular weight excluding hydrogens is 328 g/mol. The zero-order chi connectivity index (χ0) is 17.8. The summed E-state index contributed by atoms with van der Waals surface area (Å²) < 4.78 is 0. The van der Waals surface area contributed by atoms with E-state index in [1.54, 1.807) is 13.3 Å². The van der Waals surface area contributed by atoms with Gasteiger partial charge >= 0.3 is 0 Å². The van der Waals surface area contributed by atoms with Gasteiger partial charge in [-0.25, -0.2) is 4.98 Å². The molecule has 0 saturated carbocycles. The Kier molecular flexibility index (Phi) is 4.81. The first-order chi connectivity index (χ1) is 12.8. The standard InChI is InChI=1S/C19H22N6O/c1-26-24-15-4-2-14(3-5-15)23-17-6-7-21-18-13-22-19(12-16(17)18)25-10-8-20-9-11-25/h2-7,12-13,20,24H,8-11H2,1H3,(H,21,23). The van der Waals surface area contributed by atoms with Gasteiger partial charge in [-0.2, -0.15) is 0 Å². The number of piperazine rings is 1. The van der Waals surface area contributed by atoms with Crippen molar-refractivity contribution in [3.63, 3.8) is 0 Å². The molecule has 0 atom stereocenters. The van der Waals surface area contributed by atoms with Gasteiger partial charge in [0.15, 0.2) is 0 Å². The molecule has 2 aromatic heterocycles. The van der Waals surface area contributed by atoms with Crippen LogP contribution in [-0.4, -0.2) is 43.3 Å². The average molecular weight is 350 g/mol. The summed E-state index contributed by atoms with van der Waals surface area (Å²) in [6.07, 6.45) is 3.65. The van der Waals surface area contributed by atoms with Crippen LogP contribution in [0.3, 0.4) is 0 Å². The molecule has 0 radical (unpaired) electrons. The molecule has 7 nitrogen and oxygen atoms in total. The topological polar surface area (TPSA) is 74.3 Å². The molecule has 1 aliphatic heterocycles. The summed E-state index contributed by atoms with van der Waals surface area (Å²) in [5, 5.41) is 7.92. The number of hydrogen-bond donors (Lipinski definition) is 3. The molecule has 1 saturated heterocycles. The first kappa shape index (κ1) is 16.6. The van der Waals surface area contributed by atoms with E-state index in [0.29, 0.717) is 0 Å². The third-order valence-corrected chi connectivity index (χ3v) is 4.44. The summed E-state index contributed by atoms with van der Waals surface area (Å²) in [7, 11) is 1.60. The van der Waals surface area contributed by atoms with Crippen LogP contribution in [0.2, 0.25) is 0 Å². The van der Waals surface area contributed by atoms with Crippen LogP contribution in [0.4, 0.5) is 22.9 Å². The quantitative estimate of drug-likeness (QED) is 0.611. The molecule has 0 aliphatic carbocycles. The number of aromatic nitrogens is 2. The molecular formula is C19H22N6O. The highest BCUT2D eigenvalue weighted by Crippen LogP contribution is 2.28. The first-order valence-electron chi connectivity index (χ1n) is 8.70. The van der Waals surface area contributed by atoms with Crippen molar-refractivity contribution in [2.75, 3.05) is 49.0 Å². The van der Waals surface area contributed by atoms with Gasteiger partial charge in [0.05, 0.1) is 24.5 Å². The molecule has 7 heteroatoms. The molecule has 3 aromatic rings. The number of nitrogens with one attached hydrogen (secondary N) is 3. The zero-order valence-corrected chi connectivity index (χ0v) is 14.7. The molecule has 4 rings (SSSR count). The summed E-state index contributed by atoms with van der Waals surface area (Å²) in [5.41, 5.74) is 6.62. The van der Waals surface area contributed by atoms with Crippen LogP contribution in [0.5, 0.6) is 0 Å². The van der Waals surface area contributed by atoms with Gasteiger partial charge < -0.3 is 15.5 Å². The van der Waals surface area contributed by atoms with Crippen LogP contribution in [0.1, 0.15) is 0 Å². The van der Waals surface area contributed by atoms with Crippen molar-refractivity contribution in [2.45, 2.75) is 0 Å². The Bertz CT molecular complexity index is 877. The molecule has 0 amide bonds. The fourth-order valence-electron chi connectivity index (χ4n) is 3.11. The van der Waals surface area contributed by atoms with Crippen molar-refractivity contribution in [3.8, 4) is 0 Å². The number of pyridine rings is 2. The van der Waals surface area contributed by atoms with E-state index < -0.39 is 0 Å². The van der Waals surface area contributed by atoms with Crippen LogP contribution in [-0.2, 0) is 4.84 Å². The van der Waals surface area contributed by atoms with Crippen LogP contribution < -0.4 is 21.0 Å². The maximum Gasteiger partial charge on any atom is 0.129 e. The second-order valence-corrected chi connectivity index (χ2v) is 6.16. The van der Waals surface area contributed by atoms with E-state index in [9.17, 15) is 0 Å². The van der Waals surface area contributed by atoms with E-state index >= 15 is 0 Å². The van der Waals surface area contributed by atoms with E-state index in [0.717, 1.165) is 60.0 Å². The molecule has 26 heavy (non-hydrogen) atoms. The summed E-state index contributed by atoms with van der Waals surface area (Å²) in [6, 6.07) is 12.0. The predicted molar refractivity (Wildman–Crippen MR) is 105 cm³/mol. The van der Waals surface area contributed by atoms with Gasteiger partial charge in [0.2, 0.25) is 0 Å². The largest absolute Gasteiger partial charge is 0.355 e. The highest BCUT2D eigenvalue weighted by molar-refractivity contribution is 5.94. The zero-order valence-electron chi connectivity index (χ0n) is 14.7. The van der Waals surface area contributed by atoms with Crippen molar-refractivity contribution in [1.29, 1.82) is 0 Å². The lowest BCUT2D eigenvalue weighted by Gasteiger charge is -2.28. The van der Waals surface area contributed by atoms with Gasteiger partial charge in [-0.15, -0.1) is 0 Å². The van der Waals surface area contributed by atoms with Gasteiger partial charge in [0, 0.05) is 49.1 Å². The monoisotopic (exact) mass is 350 g/mol. The van der Waals surface area contributed by atoms with E-state index in [2.05, 4.69) is 37.0 Å². The summed E-state index contributed by atoms with van der Waals surface area (Å²) in [5.74, 6) is 0.995. The Balaban J connectivity index is 1.63. The number of hydrogen-bond acceptors (Lipinski definition) is 7. The Morgan fingerprint density at radius 1 is 1.04 bits per heavy atom. The molecule has 1 aliphatic rings. The normalized spacial score (nSPS) is 14.4. The second-order valence-electron chi connectivity index (χ2n) is 6.16.